The molecule has 2 rings (SSSR count). The first-order chi connectivity index (χ1) is 10.3. The molecule has 1 amide bonds. The van der Waals surface area contributed by atoms with E-state index in [4.69, 9.17) is 5.11 Å². The zero-order valence-electron chi connectivity index (χ0n) is 12.7. The van der Waals surface area contributed by atoms with Gasteiger partial charge in [0.25, 0.3) is 5.91 Å². The SMILES string of the molecule is CCCc1ncc(C(=O)Nc2cnn(C(C)(C)C(=O)O)c2)s1. The number of hydrogen-bond acceptors (Lipinski definition) is 5. The Bertz CT molecular complexity index is 690. The van der Waals surface area contributed by atoms with Crippen LogP contribution >= 0.6 is 11.3 Å². The lowest BCUT2D eigenvalue weighted by molar-refractivity contribution is -0.146. The first-order valence-corrected chi connectivity index (χ1v) is 7.71. The number of thiazole rings is 1. The Kier molecular flexibility index (Phi) is 4.60. The highest BCUT2D eigenvalue weighted by atomic mass is 32.1. The molecular weight excluding hydrogens is 304 g/mol. The average Bonchev–Trinajstić information content (AvgIpc) is 3.08. The molecule has 0 atom stereocenters. The Morgan fingerprint density at radius 3 is 2.77 bits per heavy atom. The number of carbonyl (C=O) groups excluding carboxylic acids is 1. The van der Waals surface area contributed by atoms with Gasteiger partial charge in [-0.25, -0.2) is 9.78 Å². The molecular formula is C14H18N4O3S. The maximum atomic E-state index is 12.1. The summed E-state index contributed by atoms with van der Waals surface area (Å²) in [5, 5.41) is 16.8. The van der Waals surface area contributed by atoms with Crippen LogP contribution in [0.5, 0.6) is 0 Å². The molecule has 0 saturated heterocycles. The van der Waals surface area contributed by atoms with E-state index in [0.717, 1.165) is 17.8 Å². The first kappa shape index (κ1) is 16.2. The van der Waals surface area contributed by atoms with Crippen LogP contribution in [0.4, 0.5) is 5.69 Å². The second kappa shape index (κ2) is 6.27. The minimum atomic E-state index is -1.18. The summed E-state index contributed by atoms with van der Waals surface area (Å²) in [5.74, 6) is -1.27. The number of aromatic nitrogens is 3. The van der Waals surface area contributed by atoms with Crippen LogP contribution in [0, 0.1) is 0 Å². The number of nitrogens with one attached hydrogen (secondary N) is 1. The molecule has 2 aromatic rings. The summed E-state index contributed by atoms with van der Waals surface area (Å²) in [6, 6.07) is 0. The number of amides is 1. The number of carboxylic acid groups (broad SMARTS) is 1. The average molecular weight is 322 g/mol. The summed E-state index contributed by atoms with van der Waals surface area (Å²) >= 11 is 1.36. The summed E-state index contributed by atoms with van der Waals surface area (Å²) in [6.07, 6.45) is 6.31. The summed E-state index contributed by atoms with van der Waals surface area (Å²) in [7, 11) is 0. The molecule has 0 unspecified atom stereocenters. The van der Waals surface area contributed by atoms with Crippen molar-refractivity contribution in [1.29, 1.82) is 0 Å². The lowest BCUT2D eigenvalue weighted by Gasteiger charge is -2.19. The highest BCUT2D eigenvalue weighted by Crippen LogP contribution is 2.19. The van der Waals surface area contributed by atoms with Crippen molar-refractivity contribution in [2.45, 2.75) is 39.2 Å². The molecule has 2 aromatic heterocycles. The smallest absolute Gasteiger partial charge is 0.331 e. The predicted molar refractivity (Wildman–Crippen MR) is 83.2 cm³/mol. The third-order valence-corrected chi connectivity index (χ3v) is 4.23. The molecule has 0 aromatic carbocycles. The van der Waals surface area contributed by atoms with Crippen LogP contribution in [-0.4, -0.2) is 31.7 Å². The molecule has 0 radical (unpaired) electrons. The molecule has 2 N–H and O–H groups in total. The molecule has 0 aliphatic carbocycles. The molecule has 118 valence electrons. The number of aryl methyl sites for hydroxylation is 1. The molecule has 0 aliphatic rings. The summed E-state index contributed by atoms with van der Waals surface area (Å²) in [4.78, 5) is 28.0. The fourth-order valence-electron chi connectivity index (χ4n) is 1.73. The molecule has 0 spiro atoms. The first-order valence-electron chi connectivity index (χ1n) is 6.89. The van der Waals surface area contributed by atoms with Crippen LogP contribution in [0.1, 0.15) is 41.9 Å². The largest absolute Gasteiger partial charge is 0.479 e. The van der Waals surface area contributed by atoms with E-state index in [-0.39, 0.29) is 5.91 Å². The van der Waals surface area contributed by atoms with Crippen molar-refractivity contribution in [3.05, 3.63) is 28.5 Å². The molecule has 0 saturated carbocycles. The van der Waals surface area contributed by atoms with Gasteiger partial charge in [-0.1, -0.05) is 6.92 Å². The van der Waals surface area contributed by atoms with E-state index < -0.39 is 11.5 Å². The molecule has 0 aliphatic heterocycles. The Labute approximate surface area is 132 Å². The van der Waals surface area contributed by atoms with E-state index >= 15 is 0 Å². The standard InChI is InChI=1S/C14H18N4O3S/c1-4-5-11-15-7-10(22-11)12(19)17-9-6-16-18(8-9)14(2,3)13(20)21/h6-8H,4-5H2,1-3H3,(H,17,19)(H,20,21). The highest BCUT2D eigenvalue weighted by molar-refractivity contribution is 7.13. The van der Waals surface area contributed by atoms with Gasteiger partial charge >= 0.3 is 5.97 Å². The summed E-state index contributed by atoms with van der Waals surface area (Å²) in [5.41, 5.74) is -0.730. The van der Waals surface area contributed by atoms with Crippen molar-refractivity contribution in [1.82, 2.24) is 14.8 Å². The van der Waals surface area contributed by atoms with Crippen LogP contribution in [0.3, 0.4) is 0 Å². The third kappa shape index (κ3) is 3.33. The van der Waals surface area contributed by atoms with Crippen molar-refractivity contribution >= 4 is 28.9 Å². The fraction of sp³-hybridized carbons (Fsp3) is 0.429. The van der Waals surface area contributed by atoms with E-state index in [9.17, 15) is 9.59 Å². The number of carbonyl (C=O) groups is 2. The minimum Gasteiger partial charge on any atom is -0.479 e. The van der Waals surface area contributed by atoms with Crippen LogP contribution in [0.25, 0.3) is 0 Å². The molecule has 22 heavy (non-hydrogen) atoms. The second-order valence-corrected chi connectivity index (χ2v) is 6.48. The van der Waals surface area contributed by atoms with Gasteiger partial charge < -0.3 is 10.4 Å². The van der Waals surface area contributed by atoms with Crippen molar-refractivity contribution in [3.8, 4) is 0 Å². The molecule has 2 heterocycles. The van der Waals surface area contributed by atoms with Gasteiger partial charge in [-0.15, -0.1) is 11.3 Å². The molecule has 0 bridgehead atoms. The quantitative estimate of drug-likeness (QED) is 0.851. The molecule has 8 heteroatoms. The third-order valence-electron chi connectivity index (χ3n) is 3.18. The van der Waals surface area contributed by atoms with E-state index in [0.29, 0.717) is 10.6 Å². The lowest BCUT2D eigenvalue weighted by atomic mass is 10.1. The zero-order chi connectivity index (χ0) is 16.3. The van der Waals surface area contributed by atoms with Crippen molar-refractivity contribution in [3.63, 3.8) is 0 Å². The van der Waals surface area contributed by atoms with E-state index in [2.05, 4.69) is 22.3 Å². The molecule has 0 fully saturated rings. The van der Waals surface area contributed by atoms with Crippen molar-refractivity contribution in [2.24, 2.45) is 0 Å². The number of rotatable bonds is 6. The van der Waals surface area contributed by atoms with Gasteiger partial charge in [0.2, 0.25) is 0 Å². The molecule has 7 nitrogen and oxygen atoms in total. The monoisotopic (exact) mass is 322 g/mol. The van der Waals surface area contributed by atoms with Gasteiger partial charge in [-0.3, -0.25) is 9.48 Å². The Morgan fingerprint density at radius 2 is 2.14 bits per heavy atom. The van der Waals surface area contributed by atoms with Crippen LogP contribution in [0.15, 0.2) is 18.6 Å². The number of carboxylic acids is 1. The van der Waals surface area contributed by atoms with Crippen LogP contribution < -0.4 is 5.32 Å². The van der Waals surface area contributed by atoms with Gasteiger partial charge in [-0.2, -0.15) is 5.10 Å². The predicted octanol–water partition coefficient (Wildman–Crippen LogP) is 2.36. The van der Waals surface area contributed by atoms with Crippen molar-refractivity contribution in [2.75, 3.05) is 5.32 Å². The normalized spacial score (nSPS) is 11.4. The number of anilines is 1. The van der Waals surface area contributed by atoms with Gasteiger partial charge in [0.1, 0.15) is 4.88 Å². The summed E-state index contributed by atoms with van der Waals surface area (Å²) < 4.78 is 1.31. The van der Waals surface area contributed by atoms with Crippen LogP contribution in [0.2, 0.25) is 0 Å². The van der Waals surface area contributed by atoms with Crippen molar-refractivity contribution < 1.29 is 14.7 Å². The highest BCUT2D eigenvalue weighted by Gasteiger charge is 2.30. The number of aliphatic carboxylic acids is 1. The number of hydrogen-bond donors (Lipinski definition) is 2. The van der Waals surface area contributed by atoms with E-state index in [1.807, 2.05) is 0 Å². The Morgan fingerprint density at radius 1 is 1.41 bits per heavy atom. The summed E-state index contributed by atoms with van der Waals surface area (Å²) in [6.45, 7) is 5.13. The van der Waals surface area contributed by atoms with Gasteiger partial charge in [-0.05, 0) is 26.7 Å². The zero-order valence-corrected chi connectivity index (χ0v) is 13.5. The van der Waals surface area contributed by atoms with E-state index in [1.165, 1.54) is 42.3 Å². The minimum absolute atomic E-state index is 0.271. The van der Waals surface area contributed by atoms with Crippen LogP contribution in [-0.2, 0) is 16.8 Å². The van der Waals surface area contributed by atoms with E-state index in [1.54, 1.807) is 6.20 Å². The second-order valence-electron chi connectivity index (χ2n) is 5.36. The van der Waals surface area contributed by atoms with Gasteiger partial charge in [0.05, 0.1) is 23.1 Å². The van der Waals surface area contributed by atoms with Gasteiger partial charge in [0, 0.05) is 6.20 Å². The lowest BCUT2D eigenvalue weighted by Crippen LogP contribution is -2.35. The number of nitrogens with zero attached hydrogens (tertiary/aromatic N) is 3. The maximum absolute atomic E-state index is 12.1. The topological polar surface area (TPSA) is 97.1 Å². The Balaban J connectivity index is 2.09. The maximum Gasteiger partial charge on any atom is 0.331 e. The Hall–Kier alpha value is -2.22. The van der Waals surface area contributed by atoms with Gasteiger partial charge in [0.15, 0.2) is 5.54 Å². The fourth-order valence-corrected chi connectivity index (χ4v) is 2.64.